The van der Waals surface area contributed by atoms with Crippen LogP contribution in [0.4, 0.5) is 0 Å². The zero-order valence-electron chi connectivity index (χ0n) is 10.1. The third-order valence-corrected chi connectivity index (χ3v) is 5.94. The number of rotatable bonds is 5. The number of sulfonamides is 1. The van der Waals surface area contributed by atoms with Crippen molar-refractivity contribution in [1.82, 2.24) is 4.72 Å². The van der Waals surface area contributed by atoms with E-state index in [0.29, 0.717) is 18.0 Å². The molecular weight excluding hydrogens is 256 g/mol. The van der Waals surface area contributed by atoms with Crippen LogP contribution in [0.25, 0.3) is 0 Å². The summed E-state index contributed by atoms with van der Waals surface area (Å²) in [6.07, 6.45) is 2.21. The van der Waals surface area contributed by atoms with Crippen LogP contribution >= 0.6 is 11.3 Å². The van der Waals surface area contributed by atoms with Gasteiger partial charge in [-0.25, -0.2) is 13.1 Å². The predicted octanol–water partition coefficient (Wildman–Crippen LogP) is 1.59. The minimum absolute atomic E-state index is 0.174. The third kappa shape index (κ3) is 2.88. The first-order chi connectivity index (χ1) is 7.86. The van der Waals surface area contributed by atoms with Gasteiger partial charge in [-0.2, -0.15) is 0 Å². The molecule has 0 amide bonds. The molecule has 2 rings (SSSR count). The molecule has 0 unspecified atom stereocenters. The Bertz CT molecular complexity index is 516. The second-order valence-electron chi connectivity index (χ2n) is 4.97. The maximum atomic E-state index is 12.1. The SMILES string of the molecule is Cc1sc(CN)cc1S(=O)(=O)NCC1(C)CC1. The van der Waals surface area contributed by atoms with Crippen molar-refractivity contribution in [2.24, 2.45) is 11.1 Å². The van der Waals surface area contributed by atoms with Crippen LogP contribution in [0, 0.1) is 12.3 Å². The molecule has 0 aliphatic heterocycles. The summed E-state index contributed by atoms with van der Waals surface area (Å²) in [5, 5.41) is 0. The summed E-state index contributed by atoms with van der Waals surface area (Å²) in [4.78, 5) is 2.09. The molecule has 17 heavy (non-hydrogen) atoms. The maximum absolute atomic E-state index is 12.1. The Morgan fingerprint density at radius 1 is 1.53 bits per heavy atom. The average Bonchev–Trinajstić information content (AvgIpc) is 2.87. The van der Waals surface area contributed by atoms with Crippen LogP contribution in [0.15, 0.2) is 11.0 Å². The molecule has 1 aromatic rings. The lowest BCUT2D eigenvalue weighted by atomic mass is 10.2. The van der Waals surface area contributed by atoms with Gasteiger partial charge >= 0.3 is 0 Å². The zero-order chi connectivity index (χ0) is 12.7. The van der Waals surface area contributed by atoms with Crippen molar-refractivity contribution >= 4 is 21.4 Å². The summed E-state index contributed by atoms with van der Waals surface area (Å²) < 4.78 is 26.9. The molecule has 1 aromatic heterocycles. The molecule has 6 heteroatoms. The summed E-state index contributed by atoms with van der Waals surface area (Å²) in [6.45, 7) is 4.83. The van der Waals surface area contributed by atoms with E-state index in [1.165, 1.54) is 11.3 Å². The minimum atomic E-state index is -3.37. The number of aryl methyl sites for hydroxylation is 1. The Morgan fingerprint density at radius 3 is 2.65 bits per heavy atom. The first-order valence-corrected chi connectivity index (χ1v) is 7.95. The van der Waals surface area contributed by atoms with Crippen LogP contribution in [-0.2, 0) is 16.6 Å². The molecule has 0 saturated heterocycles. The quantitative estimate of drug-likeness (QED) is 0.856. The van der Waals surface area contributed by atoms with E-state index < -0.39 is 10.0 Å². The first kappa shape index (κ1) is 13.0. The van der Waals surface area contributed by atoms with Gasteiger partial charge in [0.25, 0.3) is 0 Å². The molecule has 3 N–H and O–H groups in total. The fraction of sp³-hybridized carbons (Fsp3) is 0.636. The lowest BCUT2D eigenvalue weighted by Crippen LogP contribution is -2.29. The smallest absolute Gasteiger partial charge is 0.241 e. The van der Waals surface area contributed by atoms with E-state index in [4.69, 9.17) is 5.73 Å². The molecule has 0 radical (unpaired) electrons. The van der Waals surface area contributed by atoms with Gasteiger partial charge in [-0.05, 0) is 31.2 Å². The first-order valence-electron chi connectivity index (χ1n) is 5.65. The number of hydrogen-bond donors (Lipinski definition) is 2. The Balaban J connectivity index is 2.15. The number of hydrogen-bond acceptors (Lipinski definition) is 4. The molecule has 1 heterocycles. The normalized spacial score (nSPS) is 18.3. The zero-order valence-corrected chi connectivity index (χ0v) is 11.7. The minimum Gasteiger partial charge on any atom is -0.326 e. The predicted molar refractivity (Wildman–Crippen MR) is 69.5 cm³/mol. The molecule has 0 atom stereocenters. The van der Waals surface area contributed by atoms with Gasteiger partial charge in [-0.15, -0.1) is 11.3 Å². The topological polar surface area (TPSA) is 72.2 Å². The highest BCUT2D eigenvalue weighted by molar-refractivity contribution is 7.89. The summed E-state index contributed by atoms with van der Waals surface area (Å²) in [5.41, 5.74) is 5.70. The number of thiophene rings is 1. The van der Waals surface area contributed by atoms with Crippen LogP contribution in [0.5, 0.6) is 0 Å². The van der Waals surface area contributed by atoms with E-state index in [1.807, 2.05) is 6.92 Å². The fourth-order valence-electron chi connectivity index (χ4n) is 1.63. The molecule has 0 spiro atoms. The summed E-state index contributed by atoms with van der Waals surface area (Å²) >= 11 is 1.45. The van der Waals surface area contributed by atoms with Gasteiger partial charge in [0.2, 0.25) is 10.0 Å². The molecular formula is C11H18N2O2S2. The van der Waals surface area contributed by atoms with Crippen LogP contribution in [0.1, 0.15) is 29.5 Å². The van der Waals surface area contributed by atoms with Gasteiger partial charge < -0.3 is 5.73 Å². The van der Waals surface area contributed by atoms with Crippen LogP contribution < -0.4 is 10.5 Å². The average molecular weight is 274 g/mol. The maximum Gasteiger partial charge on any atom is 0.241 e. The Labute approximate surface area is 106 Å². The summed E-state index contributed by atoms with van der Waals surface area (Å²) in [7, 11) is -3.37. The van der Waals surface area contributed by atoms with E-state index in [1.54, 1.807) is 6.07 Å². The van der Waals surface area contributed by atoms with Gasteiger partial charge in [-0.1, -0.05) is 6.92 Å². The van der Waals surface area contributed by atoms with Crippen molar-refractivity contribution in [3.8, 4) is 0 Å². The lowest BCUT2D eigenvalue weighted by Gasteiger charge is -2.10. The van der Waals surface area contributed by atoms with Gasteiger partial charge in [0.15, 0.2) is 0 Å². The van der Waals surface area contributed by atoms with Crippen molar-refractivity contribution < 1.29 is 8.42 Å². The highest BCUT2D eigenvalue weighted by Gasteiger charge is 2.38. The lowest BCUT2D eigenvalue weighted by molar-refractivity contribution is 0.530. The standard InChI is InChI=1S/C11H18N2O2S2/c1-8-10(5-9(6-12)16-8)17(14,15)13-7-11(2)3-4-11/h5,13H,3-4,6-7,12H2,1-2H3. The fourth-order valence-corrected chi connectivity index (χ4v) is 4.34. The van der Waals surface area contributed by atoms with Gasteiger partial charge in [0.05, 0.1) is 4.90 Å². The molecule has 4 nitrogen and oxygen atoms in total. The largest absolute Gasteiger partial charge is 0.326 e. The summed E-state index contributed by atoms with van der Waals surface area (Å²) in [6, 6.07) is 1.68. The molecule has 1 fully saturated rings. The van der Waals surface area contributed by atoms with Gasteiger partial charge in [-0.3, -0.25) is 0 Å². The second kappa shape index (κ2) is 4.35. The Morgan fingerprint density at radius 2 is 2.18 bits per heavy atom. The van der Waals surface area contributed by atoms with Crippen molar-refractivity contribution in [3.63, 3.8) is 0 Å². The molecule has 96 valence electrons. The van der Waals surface area contributed by atoms with Gasteiger partial charge in [0.1, 0.15) is 0 Å². The highest BCUT2D eigenvalue weighted by Crippen LogP contribution is 2.44. The molecule has 0 bridgehead atoms. The Hall–Kier alpha value is -0.430. The van der Waals surface area contributed by atoms with Gasteiger partial charge in [0, 0.05) is 22.8 Å². The van der Waals surface area contributed by atoms with E-state index in [-0.39, 0.29) is 5.41 Å². The summed E-state index contributed by atoms with van der Waals surface area (Å²) in [5.74, 6) is 0. The molecule has 1 aliphatic carbocycles. The van der Waals surface area contributed by atoms with Crippen molar-refractivity contribution in [2.75, 3.05) is 6.54 Å². The van der Waals surface area contributed by atoms with E-state index in [9.17, 15) is 8.42 Å². The number of nitrogens with one attached hydrogen (secondary N) is 1. The van der Waals surface area contributed by atoms with Crippen molar-refractivity contribution in [3.05, 3.63) is 15.8 Å². The highest BCUT2D eigenvalue weighted by atomic mass is 32.2. The van der Waals surface area contributed by atoms with Crippen molar-refractivity contribution in [2.45, 2.75) is 38.1 Å². The third-order valence-electron chi connectivity index (χ3n) is 3.21. The monoisotopic (exact) mass is 274 g/mol. The second-order valence-corrected chi connectivity index (χ2v) is 8.05. The Kier molecular flexibility index (Phi) is 3.33. The van der Waals surface area contributed by atoms with Crippen LogP contribution in [0.2, 0.25) is 0 Å². The molecule has 0 aromatic carbocycles. The van der Waals surface area contributed by atoms with E-state index >= 15 is 0 Å². The van der Waals surface area contributed by atoms with Crippen LogP contribution in [0.3, 0.4) is 0 Å². The molecule has 1 saturated carbocycles. The van der Waals surface area contributed by atoms with E-state index in [2.05, 4.69) is 11.6 Å². The number of nitrogens with two attached hydrogens (primary N) is 1. The molecule has 1 aliphatic rings. The van der Waals surface area contributed by atoms with Crippen LogP contribution in [-0.4, -0.2) is 15.0 Å². The van der Waals surface area contributed by atoms with Crippen molar-refractivity contribution in [1.29, 1.82) is 0 Å². The van der Waals surface area contributed by atoms with E-state index in [0.717, 1.165) is 22.6 Å².